The third-order valence-electron chi connectivity index (χ3n) is 4.58. The summed E-state index contributed by atoms with van der Waals surface area (Å²) < 4.78 is 0. The predicted octanol–water partition coefficient (Wildman–Crippen LogP) is 2.97. The summed E-state index contributed by atoms with van der Waals surface area (Å²) >= 11 is 6.03. The first kappa shape index (κ1) is 18.7. The number of nitrogens with zero attached hydrogens (tertiary/aromatic N) is 1. The van der Waals surface area contributed by atoms with Gasteiger partial charge in [0.25, 0.3) is 0 Å². The first-order chi connectivity index (χ1) is 11.5. The van der Waals surface area contributed by atoms with Gasteiger partial charge in [-0.25, -0.2) is 0 Å². The lowest BCUT2D eigenvalue weighted by atomic mass is 9.94. The molecule has 0 bridgehead atoms. The van der Waals surface area contributed by atoms with Crippen LogP contribution in [0, 0.1) is 6.92 Å². The zero-order valence-electron chi connectivity index (χ0n) is 14.4. The topological polar surface area (TPSA) is 61.4 Å². The average molecular weight is 352 g/mol. The highest BCUT2D eigenvalue weighted by molar-refractivity contribution is 6.31. The standard InChI is InChI=1S/C18H26ClN3O2/c1-13-15(19)9-6-10-16(13)21-17(23)11-20-18(24)12-22(2)14-7-4-3-5-8-14/h6,9-10,14H,3-5,7-8,11-12H2,1-2H3,(H,20,24)(H,21,23). The Hall–Kier alpha value is -1.59. The van der Waals surface area contributed by atoms with E-state index in [9.17, 15) is 9.59 Å². The predicted molar refractivity (Wildman–Crippen MR) is 97.3 cm³/mol. The number of anilines is 1. The van der Waals surface area contributed by atoms with E-state index in [-0.39, 0.29) is 18.4 Å². The molecule has 0 atom stereocenters. The maximum Gasteiger partial charge on any atom is 0.243 e. The normalized spacial score (nSPS) is 15.3. The van der Waals surface area contributed by atoms with Crippen molar-refractivity contribution in [1.29, 1.82) is 0 Å². The van der Waals surface area contributed by atoms with E-state index in [0.29, 0.717) is 23.3 Å². The van der Waals surface area contributed by atoms with Crippen molar-refractivity contribution in [2.24, 2.45) is 0 Å². The molecule has 2 N–H and O–H groups in total. The first-order valence-corrected chi connectivity index (χ1v) is 8.87. The van der Waals surface area contributed by atoms with Gasteiger partial charge in [0.05, 0.1) is 13.1 Å². The Kier molecular flexibility index (Phi) is 7.06. The van der Waals surface area contributed by atoms with Crippen molar-refractivity contribution >= 4 is 29.1 Å². The Morgan fingerprint density at radius 3 is 2.62 bits per heavy atom. The second-order valence-electron chi connectivity index (χ2n) is 6.44. The second kappa shape index (κ2) is 9.04. The monoisotopic (exact) mass is 351 g/mol. The molecular weight excluding hydrogens is 326 g/mol. The fourth-order valence-electron chi connectivity index (χ4n) is 3.05. The Labute approximate surface area is 148 Å². The van der Waals surface area contributed by atoms with Gasteiger partial charge < -0.3 is 10.6 Å². The van der Waals surface area contributed by atoms with Crippen molar-refractivity contribution < 1.29 is 9.59 Å². The van der Waals surface area contributed by atoms with Crippen molar-refractivity contribution in [1.82, 2.24) is 10.2 Å². The molecule has 1 fully saturated rings. The minimum absolute atomic E-state index is 0.0384. The van der Waals surface area contributed by atoms with Crippen LogP contribution < -0.4 is 10.6 Å². The van der Waals surface area contributed by atoms with Crippen molar-refractivity contribution in [3.63, 3.8) is 0 Å². The van der Waals surface area contributed by atoms with Crippen LogP contribution in [0.15, 0.2) is 18.2 Å². The molecule has 6 heteroatoms. The quantitative estimate of drug-likeness (QED) is 0.828. The molecule has 1 aliphatic rings. The van der Waals surface area contributed by atoms with Gasteiger partial charge in [0.15, 0.2) is 0 Å². The molecule has 5 nitrogen and oxygen atoms in total. The number of amides is 2. The van der Waals surface area contributed by atoms with Crippen LogP contribution in [0.4, 0.5) is 5.69 Å². The number of rotatable bonds is 6. The summed E-state index contributed by atoms with van der Waals surface area (Å²) in [7, 11) is 1.98. The molecule has 0 saturated heterocycles. The van der Waals surface area contributed by atoms with E-state index in [4.69, 9.17) is 11.6 Å². The molecule has 0 spiro atoms. The molecule has 1 aliphatic carbocycles. The fourth-order valence-corrected chi connectivity index (χ4v) is 3.22. The first-order valence-electron chi connectivity index (χ1n) is 8.49. The molecule has 132 valence electrons. The van der Waals surface area contributed by atoms with E-state index in [2.05, 4.69) is 15.5 Å². The number of likely N-dealkylation sites (N-methyl/N-ethyl adjacent to an activating group) is 1. The summed E-state index contributed by atoms with van der Waals surface area (Å²) in [5.74, 6) is -0.380. The van der Waals surface area contributed by atoms with Gasteiger partial charge in [0, 0.05) is 16.8 Å². The third-order valence-corrected chi connectivity index (χ3v) is 4.99. The van der Waals surface area contributed by atoms with E-state index in [0.717, 1.165) is 18.4 Å². The number of nitrogens with one attached hydrogen (secondary N) is 2. The average Bonchev–Trinajstić information content (AvgIpc) is 2.58. The molecule has 1 aromatic carbocycles. The van der Waals surface area contributed by atoms with E-state index in [1.807, 2.05) is 14.0 Å². The number of carbonyl (C=O) groups is 2. The van der Waals surface area contributed by atoms with Crippen LogP contribution in [0.2, 0.25) is 5.02 Å². The van der Waals surface area contributed by atoms with Crippen LogP contribution in [0.1, 0.15) is 37.7 Å². The Bertz CT molecular complexity index is 586. The highest BCUT2D eigenvalue weighted by Crippen LogP contribution is 2.23. The minimum Gasteiger partial charge on any atom is -0.346 e. The zero-order chi connectivity index (χ0) is 17.5. The van der Waals surface area contributed by atoms with Crippen LogP contribution in [0.25, 0.3) is 0 Å². The summed E-state index contributed by atoms with van der Waals surface area (Å²) in [6, 6.07) is 5.82. The Balaban J connectivity index is 1.74. The van der Waals surface area contributed by atoms with Crippen molar-refractivity contribution in [3.8, 4) is 0 Å². The van der Waals surface area contributed by atoms with Gasteiger partial charge in [0.2, 0.25) is 11.8 Å². The van der Waals surface area contributed by atoms with Crippen LogP contribution in [0.5, 0.6) is 0 Å². The van der Waals surface area contributed by atoms with Crippen LogP contribution in [-0.4, -0.2) is 42.9 Å². The van der Waals surface area contributed by atoms with E-state index in [1.165, 1.54) is 19.3 Å². The minimum atomic E-state index is -0.256. The molecule has 0 aromatic heterocycles. The summed E-state index contributed by atoms with van der Waals surface area (Å²) in [6.07, 6.45) is 6.06. The molecule has 0 heterocycles. The van der Waals surface area contributed by atoms with Gasteiger partial charge in [0.1, 0.15) is 0 Å². The lowest BCUT2D eigenvalue weighted by Crippen LogP contribution is -2.43. The van der Waals surface area contributed by atoms with Gasteiger partial charge in [-0.1, -0.05) is 36.9 Å². The molecule has 0 aliphatic heterocycles. The van der Waals surface area contributed by atoms with Crippen molar-refractivity contribution in [3.05, 3.63) is 28.8 Å². The molecule has 1 aromatic rings. The maximum atomic E-state index is 12.0. The number of carbonyl (C=O) groups excluding carboxylic acids is 2. The molecule has 24 heavy (non-hydrogen) atoms. The Morgan fingerprint density at radius 1 is 1.21 bits per heavy atom. The van der Waals surface area contributed by atoms with E-state index in [1.54, 1.807) is 18.2 Å². The van der Waals surface area contributed by atoms with Gasteiger partial charge >= 0.3 is 0 Å². The van der Waals surface area contributed by atoms with Crippen molar-refractivity contribution in [2.45, 2.75) is 45.1 Å². The summed E-state index contributed by atoms with van der Waals surface area (Å²) in [6.45, 7) is 2.13. The van der Waals surface area contributed by atoms with Crippen molar-refractivity contribution in [2.75, 3.05) is 25.5 Å². The molecule has 0 radical (unpaired) electrons. The highest BCUT2D eigenvalue weighted by Gasteiger charge is 2.20. The maximum absolute atomic E-state index is 12.0. The van der Waals surface area contributed by atoms with E-state index < -0.39 is 0 Å². The number of halogens is 1. The number of hydrogen-bond acceptors (Lipinski definition) is 3. The largest absolute Gasteiger partial charge is 0.346 e. The summed E-state index contributed by atoms with van der Waals surface area (Å²) in [5.41, 5.74) is 1.48. The smallest absolute Gasteiger partial charge is 0.243 e. The van der Waals surface area contributed by atoms with Crippen LogP contribution in [-0.2, 0) is 9.59 Å². The van der Waals surface area contributed by atoms with Gasteiger partial charge in [-0.2, -0.15) is 0 Å². The second-order valence-corrected chi connectivity index (χ2v) is 6.85. The molecule has 1 saturated carbocycles. The number of benzene rings is 1. The lowest BCUT2D eigenvalue weighted by molar-refractivity contribution is -0.125. The zero-order valence-corrected chi connectivity index (χ0v) is 15.2. The lowest BCUT2D eigenvalue weighted by Gasteiger charge is -2.30. The number of hydrogen-bond donors (Lipinski definition) is 2. The van der Waals surface area contributed by atoms with Gasteiger partial charge in [-0.05, 0) is 44.5 Å². The van der Waals surface area contributed by atoms with Gasteiger partial charge in [-0.3, -0.25) is 14.5 Å². The summed E-state index contributed by atoms with van der Waals surface area (Å²) in [5, 5.41) is 6.06. The molecular formula is C18H26ClN3O2. The van der Waals surface area contributed by atoms with E-state index >= 15 is 0 Å². The summed E-state index contributed by atoms with van der Waals surface area (Å²) in [4.78, 5) is 26.1. The third kappa shape index (κ3) is 5.49. The molecule has 2 amide bonds. The SMILES string of the molecule is Cc1c(Cl)cccc1NC(=O)CNC(=O)CN(C)C1CCCCC1. The molecule has 2 rings (SSSR count). The fraction of sp³-hybridized carbons (Fsp3) is 0.556. The molecule has 0 unspecified atom stereocenters. The van der Waals surface area contributed by atoms with Gasteiger partial charge in [-0.15, -0.1) is 0 Å². The van der Waals surface area contributed by atoms with Crippen LogP contribution in [0.3, 0.4) is 0 Å². The highest BCUT2D eigenvalue weighted by atomic mass is 35.5. The van der Waals surface area contributed by atoms with Crippen LogP contribution >= 0.6 is 11.6 Å². The Morgan fingerprint density at radius 2 is 1.92 bits per heavy atom.